The van der Waals surface area contributed by atoms with Gasteiger partial charge in [0.25, 0.3) is 5.92 Å². The molecular formula is C20H31F2N5. The number of anilines is 2. The number of nitrogens with zero attached hydrogens (tertiary/aromatic N) is 5. The van der Waals surface area contributed by atoms with E-state index in [-0.39, 0.29) is 12.8 Å². The summed E-state index contributed by atoms with van der Waals surface area (Å²) in [5.74, 6) is -0.546. The summed E-state index contributed by atoms with van der Waals surface area (Å²) in [4.78, 5) is 16.5. The molecule has 0 spiro atoms. The van der Waals surface area contributed by atoms with Crippen molar-refractivity contribution in [3.63, 3.8) is 0 Å². The molecule has 150 valence electrons. The lowest BCUT2D eigenvalue weighted by molar-refractivity contribution is -0.0646. The number of aryl methyl sites for hydroxylation is 1. The van der Waals surface area contributed by atoms with Gasteiger partial charge in [0.1, 0.15) is 5.82 Å². The van der Waals surface area contributed by atoms with Crippen molar-refractivity contribution in [2.24, 2.45) is 0 Å². The zero-order chi connectivity index (χ0) is 18.9. The van der Waals surface area contributed by atoms with E-state index in [0.717, 1.165) is 62.9 Å². The fourth-order valence-corrected chi connectivity index (χ4v) is 4.55. The minimum Gasteiger partial charge on any atom is -0.356 e. The lowest BCUT2D eigenvalue weighted by Gasteiger charge is -2.42. The van der Waals surface area contributed by atoms with Gasteiger partial charge in [0.05, 0.1) is 0 Å². The Morgan fingerprint density at radius 2 is 1.63 bits per heavy atom. The Morgan fingerprint density at radius 1 is 0.963 bits per heavy atom. The van der Waals surface area contributed by atoms with Crippen molar-refractivity contribution in [2.75, 3.05) is 49.1 Å². The highest BCUT2D eigenvalue weighted by Crippen LogP contribution is 2.31. The summed E-state index contributed by atoms with van der Waals surface area (Å²) < 4.78 is 26.8. The minimum absolute atomic E-state index is 0.0121. The van der Waals surface area contributed by atoms with Crippen LogP contribution in [0.15, 0.2) is 6.07 Å². The molecule has 0 bridgehead atoms. The van der Waals surface area contributed by atoms with Crippen molar-refractivity contribution in [2.45, 2.75) is 63.8 Å². The number of aromatic nitrogens is 2. The molecule has 3 aliphatic heterocycles. The molecule has 1 aromatic heterocycles. The van der Waals surface area contributed by atoms with Crippen LogP contribution in [-0.2, 0) is 6.42 Å². The van der Waals surface area contributed by atoms with Crippen LogP contribution in [0.4, 0.5) is 20.5 Å². The second-order valence-corrected chi connectivity index (χ2v) is 8.18. The van der Waals surface area contributed by atoms with E-state index >= 15 is 0 Å². The van der Waals surface area contributed by atoms with Crippen molar-refractivity contribution in [1.29, 1.82) is 0 Å². The van der Waals surface area contributed by atoms with Crippen LogP contribution in [0.3, 0.4) is 0 Å². The number of hydrogen-bond donors (Lipinski definition) is 0. The van der Waals surface area contributed by atoms with E-state index in [0.29, 0.717) is 19.1 Å². The van der Waals surface area contributed by atoms with Crippen LogP contribution in [-0.4, -0.2) is 66.1 Å². The molecular weight excluding hydrogens is 348 g/mol. The molecule has 0 aromatic carbocycles. The molecule has 7 heteroatoms. The Morgan fingerprint density at radius 3 is 2.26 bits per heavy atom. The summed E-state index contributed by atoms with van der Waals surface area (Å²) in [7, 11) is 0. The van der Waals surface area contributed by atoms with Gasteiger partial charge in [-0.25, -0.2) is 13.8 Å². The molecule has 0 amide bonds. The number of hydrogen-bond acceptors (Lipinski definition) is 5. The lowest BCUT2D eigenvalue weighted by Crippen LogP contribution is -2.49. The molecule has 5 nitrogen and oxygen atoms in total. The molecule has 0 N–H and O–H groups in total. The Kier molecular flexibility index (Phi) is 5.48. The summed E-state index contributed by atoms with van der Waals surface area (Å²) in [6, 6.07) is 2.56. The molecule has 0 saturated carbocycles. The first-order chi connectivity index (χ1) is 13.0. The molecule has 27 heavy (non-hydrogen) atoms. The summed E-state index contributed by atoms with van der Waals surface area (Å²) in [6.07, 6.45) is 5.42. The first-order valence-electron chi connectivity index (χ1n) is 10.5. The molecule has 4 heterocycles. The summed E-state index contributed by atoms with van der Waals surface area (Å²) in [5.41, 5.74) is 1.10. The van der Waals surface area contributed by atoms with E-state index in [1.165, 1.54) is 12.8 Å². The van der Waals surface area contributed by atoms with Gasteiger partial charge >= 0.3 is 0 Å². The normalized spacial score (nSPS) is 24.6. The van der Waals surface area contributed by atoms with E-state index in [2.05, 4.69) is 27.7 Å². The number of piperidine rings is 2. The van der Waals surface area contributed by atoms with Gasteiger partial charge in [0.2, 0.25) is 5.95 Å². The maximum absolute atomic E-state index is 13.4. The van der Waals surface area contributed by atoms with Crippen LogP contribution in [0.2, 0.25) is 0 Å². The van der Waals surface area contributed by atoms with Gasteiger partial charge in [0.15, 0.2) is 0 Å². The van der Waals surface area contributed by atoms with Gasteiger partial charge in [-0.3, -0.25) is 4.90 Å². The van der Waals surface area contributed by atoms with Gasteiger partial charge in [0, 0.05) is 69.9 Å². The van der Waals surface area contributed by atoms with Gasteiger partial charge in [-0.1, -0.05) is 6.92 Å². The molecule has 3 saturated heterocycles. The first kappa shape index (κ1) is 18.8. The van der Waals surface area contributed by atoms with Crippen LogP contribution in [0.1, 0.15) is 51.1 Å². The average molecular weight is 379 g/mol. The van der Waals surface area contributed by atoms with E-state index in [4.69, 9.17) is 9.97 Å². The molecule has 4 rings (SSSR count). The van der Waals surface area contributed by atoms with Crippen LogP contribution >= 0.6 is 0 Å². The van der Waals surface area contributed by atoms with Crippen LogP contribution < -0.4 is 9.80 Å². The lowest BCUT2D eigenvalue weighted by atomic mass is 9.98. The van der Waals surface area contributed by atoms with Crippen LogP contribution in [0.25, 0.3) is 0 Å². The molecule has 1 aromatic rings. The van der Waals surface area contributed by atoms with Crippen LogP contribution in [0.5, 0.6) is 0 Å². The fraction of sp³-hybridized carbons (Fsp3) is 0.800. The second kappa shape index (κ2) is 7.86. The first-order valence-corrected chi connectivity index (χ1v) is 10.5. The molecule has 3 aliphatic rings. The number of rotatable bonds is 4. The van der Waals surface area contributed by atoms with Crippen molar-refractivity contribution in [3.05, 3.63) is 11.8 Å². The monoisotopic (exact) mass is 379 g/mol. The van der Waals surface area contributed by atoms with Crippen LogP contribution in [0, 0.1) is 0 Å². The largest absolute Gasteiger partial charge is 0.356 e. The SMILES string of the molecule is CCc1cc(N2CCC(N3CCC(F)(F)CC3)CC2)nc(N2CCCC2)n1. The fourth-order valence-electron chi connectivity index (χ4n) is 4.55. The quantitative estimate of drug-likeness (QED) is 0.802. The zero-order valence-corrected chi connectivity index (χ0v) is 16.3. The molecule has 0 radical (unpaired) electrons. The Labute approximate surface area is 160 Å². The maximum atomic E-state index is 13.4. The maximum Gasteiger partial charge on any atom is 0.250 e. The predicted octanol–water partition coefficient (Wildman–Crippen LogP) is 3.34. The van der Waals surface area contributed by atoms with E-state index in [9.17, 15) is 8.78 Å². The van der Waals surface area contributed by atoms with E-state index in [1.807, 2.05) is 0 Å². The van der Waals surface area contributed by atoms with Crippen molar-refractivity contribution in [1.82, 2.24) is 14.9 Å². The summed E-state index contributed by atoms with van der Waals surface area (Å²) in [6.45, 7) is 7.18. The van der Waals surface area contributed by atoms with Crippen molar-refractivity contribution < 1.29 is 8.78 Å². The zero-order valence-electron chi connectivity index (χ0n) is 16.3. The number of halogens is 2. The topological polar surface area (TPSA) is 35.5 Å². The second-order valence-electron chi connectivity index (χ2n) is 8.18. The highest BCUT2D eigenvalue weighted by Gasteiger charge is 2.37. The van der Waals surface area contributed by atoms with Gasteiger partial charge in [-0.2, -0.15) is 4.98 Å². The van der Waals surface area contributed by atoms with E-state index in [1.54, 1.807) is 0 Å². The molecule has 0 atom stereocenters. The van der Waals surface area contributed by atoms with Crippen molar-refractivity contribution >= 4 is 11.8 Å². The summed E-state index contributed by atoms with van der Waals surface area (Å²) >= 11 is 0. The van der Waals surface area contributed by atoms with Gasteiger partial charge in [-0.15, -0.1) is 0 Å². The standard InChI is InChI=1S/C20H31F2N5/c1-2-16-15-18(24-19(23-16)27-9-3-4-10-27)26-11-5-17(6-12-26)25-13-7-20(21,22)8-14-25/h15,17H,2-14H2,1H3. The minimum atomic E-state index is -2.46. The number of likely N-dealkylation sites (tertiary alicyclic amines) is 1. The highest BCUT2D eigenvalue weighted by atomic mass is 19.3. The smallest absolute Gasteiger partial charge is 0.250 e. The Balaban J connectivity index is 1.39. The molecule has 0 aliphatic carbocycles. The van der Waals surface area contributed by atoms with Gasteiger partial charge in [-0.05, 0) is 32.1 Å². The van der Waals surface area contributed by atoms with Crippen molar-refractivity contribution in [3.8, 4) is 0 Å². The third kappa shape index (κ3) is 4.33. The Hall–Kier alpha value is -1.50. The van der Waals surface area contributed by atoms with E-state index < -0.39 is 5.92 Å². The Bertz CT molecular complexity index is 629. The molecule has 3 fully saturated rings. The third-order valence-corrected chi connectivity index (χ3v) is 6.34. The van der Waals surface area contributed by atoms with Gasteiger partial charge < -0.3 is 9.80 Å². The number of alkyl halides is 2. The highest BCUT2D eigenvalue weighted by molar-refractivity contribution is 5.47. The average Bonchev–Trinajstić information content (AvgIpc) is 3.23. The predicted molar refractivity (Wildman–Crippen MR) is 104 cm³/mol. The summed E-state index contributed by atoms with van der Waals surface area (Å²) in [5, 5.41) is 0. The third-order valence-electron chi connectivity index (χ3n) is 6.34. The molecule has 0 unspecified atom stereocenters.